The van der Waals surface area contributed by atoms with E-state index in [1.807, 2.05) is 30.3 Å². The predicted octanol–water partition coefficient (Wildman–Crippen LogP) is 3.41. The minimum atomic E-state index is 0.725. The molecule has 1 aromatic heterocycles. The van der Waals surface area contributed by atoms with Gasteiger partial charge < -0.3 is 4.52 Å². The molecule has 0 aliphatic rings. The molecule has 0 amide bonds. The van der Waals surface area contributed by atoms with E-state index in [0.29, 0.717) is 0 Å². The van der Waals surface area contributed by atoms with Gasteiger partial charge in [0, 0.05) is 11.6 Å². The van der Waals surface area contributed by atoms with Gasteiger partial charge in [0.25, 0.3) is 0 Å². The standard InChI is InChI=1S/C10H8BrNO/c1-7-2-4-8(5-3-7)9-6-10(11)12-13-9/h2-6H,1H3. The second-order valence-corrected chi connectivity index (χ2v) is 3.69. The summed E-state index contributed by atoms with van der Waals surface area (Å²) >= 11 is 3.24. The van der Waals surface area contributed by atoms with Crippen LogP contribution in [0.25, 0.3) is 11.3 Å². The summed E-state index contributed by atoms with van der Waals surface area (Å²) in [5, 5.41) is 3.76. The van der Waals surface area contributed by atoms with Crippen molar-refractivity contribution in [1.82, 2.24) is 5.16 Å². The summed E-state index contributed by atoms with van der Waals surface area (Å²) in [5.41, 5.74) is 2.28. The maximum atomic E-state index is 5.09. The molecule has 2 aromatic rings. The van der Waals surface area contributed by atoms with Gasteiger partial charge in [0.1, 0.15) is 4.60 Å². The van der Waals surface area contributed by atoms with Crippen LogP contribution >= 0.6 is 15.9 Å². The molecule has 13 heavy (non-hydrogen) atoms. The summed E-state index contributed by atoms with van der Waals surface area (Å²) in [6.45, 7) is 2.06. The van der Waals surface area contributed by atoms with Crippen molar-refractivity contribution in [3.63, 3.8) is 0 Å². The quantitative estimate of drug-likeness (QED) is 0.760. The lowest BCUT2D eigenvalue weighted by atomic mass is 10.1. The molecule has 0 aliphatic heterocycles. The molecular weight excluding hydrogens is 230 g/mol. The van der Waals surface area contributed by atoms with Gasteiger partial charge in [-0.2, -0.15) is 0 Å². The Morgan fingerprint density at radius 2 is 1.92 bits per heavy atom. The first kappa shape index (κ1) is 8.51. The van der Waals surface area contributed by atoms with E-state index in [4.69, 9.17) is 4.52 Å². The van der Waals surface area contributed by atoms with Crippen LogP contribution in [0.3, 0.4) is 0 Å². The van der Waals surface area contributed by atoms with Crippen molar-refractivity contribution in [2.75, 3.05) is 0 Å². The van der Waals surface area contributed by atoms with Crippen LogP contribution in [-0.4, -0.2) is 5.16 Å². The maximum Gasteiger partial charge on any atom is 0.168 e. The third-order valence-electron chi connectivity index (χ3n) is 1.82. The largest absolute Gasteiger partial charge is 0.355 e. The zero-order valence-electron chi connectivity index (χ0n) is 7.12. The zero-order chi connectivity index (χ0) is 9.26. The molecule has 0 N–H and O–H groups in total. The molecule has 0 unspecified atom stereocenters. The van der Waals surface area contributed by atoms with Crippen LogP contribution in [0.15, 0.2) is 39.5 Å². The summed E-state index contributed by atoms with van der Waals surface area (Å²) in [5.74, 6) is 0.784. The van der Waals surface area contributed by atoms with E-state index >= 15 is 0 Å². The Balaban J connectivity index is 2.41. The van der Waals surface area contributed by atoms with Crippen molar-refractivity contribution in [3.8, 4) is 11.3 Å². The molecule has 3 heteroatoms. The molecule has 0 spiro atoms. The van der Waals surface area contributed by atoms with Gasteiger partial charge in [0.05, 0.1) is 0 Å². The highest BCUT2D eigenvalue weighted by atomic mass is 79.9. The summed E-state index contributed by atoms with van der Waals surface area (Å²) in [6.07, 6.45) is 0. The first-order chi connectivity index (χ1) is 6.25. The molecule has 66 valence electrons. The van der Waals surface area contributed by atoms with Crippen LogP contribution in [0.1, 0.15) is 5.56 Å². The van der Waals surface area contributed by atoms with Gasteiger partial charge in [-0.25, -0.2) is 0 Å². The van der Waals surface area contributed by atoms with Crippen molar-refractivity contribution >= 4 is 15.9 Å². The average molecular weight is 238 g/mol. The van der Waals surface area contributed by atoms with E-state index in [1.54, 1.807) is 0 Å². The Bertz CT molecular complexity index is 405. The van der Waals surface area contributed by atoms with Gasteiger partial charge >= 0.3 is 0 Å². The summed E-state index contributed by atoms with van der Waals surface area (Å²) in [4.78, 5) is 0. The molecule has 2 rings (SSSR count). The summed E-state index contributed by atoms with van der Waals surface area (Å²) < 4.78 is 5.82. The number of rotatable bonds is 1. The molecule has 2 nitrogen and oxygen atoms in total. The number of hydrogen-bond donors (Lipinski definition) is 0. The number of benzene rings is 1. The lowest BCUT2D eigenvalue weighted by Crippen LogP contribution is -1.74. The van der Waals surface area contributed by atoms with Gasteiger partial charge in [-0.15, -0.1) is 0 Å². The minimum Gasteiger partial charge on any atom is -0.355 e. The van der Waals surface area contributed by atoms with Gasteiger partial charge in [-0.3, -0.25) is 0 Å². The Morgan fingerprint density at radius 1 is 1.23 bits per heavy atom. The lowest BCUT2D eigenvalue weighted by molar-refractivity contribution is 0.428. The van der Waals surface area contributed by atoms with E-state index in [-0.39, 0.29) is 0 Å². The molecule has 1 aromatic carbocycles. The van der Waals surface area contributed by atoms with Crippen molar-refractivity contribution in [2.45, 2.75) is 6.92 Å². The third kappa shape index (κ3) is 1.80. The normalized spacial score (nSPS) is 10.3. The first-order valence-corrected chi connectivity index (χ1v) is 4.74. The highest BCUT2D eigenvalue weighted by Gasteiger charge is 2.03. The number of nitrogens with zero attached hydrogens (tertiary/aromatic N) is 1. The van der Waals surface area contributed by atoms with Crippen molar-refractivity contribution in [1.29, 1.82) is 0 Å². The van der Waals surface area contributed by atoms with Crippen LogP contribution in [0, 0.1) is 6.92 Å². The van der Waals surface area contributed by atoms with Crippen LogP contribution in [0.2, 0.25) is 0 Å². The Hall–Kier alpha value is -1.09. The van der Waals surface area contributed by atoms with Crippen LogP contribution in [0.4, 0.5) is 0 Å². The van der Waals surface area contributed by atoms with Gasteiger partial charge in [-0.05, 0) is 22.9 Å². The molecule has 0 saturated heterocycles. The maximum absolute atomic E-state index is 5.09. The zero-order valence-corrected chi connectivity index (χ0v) is 8.71. The topological polar surface area (TPSA) is 26.0 Å². The van der Waals surface area contributed by atoms with Crippen molar-refractivity contribution < 1.29 is 4.52 Å². The fourth-order valence-electron chi connectivity index (χ4n) is 1.11. The Morgan fingerprint density at radius 3 is 2.46 bits per heavy atom. The first-order valence-electron chi connectivity index (χ1n) is 3.95. The summed E-state index contributed by atoms with van der Waals surface area (Å²) in [7, 11) is 0. The summed E-state index contributed by atoms with van der Waals surface area (Å²) in [6, 6.07) is 9.98. The fraction of sp³-hybridized carbons (Fsp3) is 0.100. The Labute approximate surface area is 84.7 Å². The van der Waals surface area contributed by atoms with E-state index < -0.39 is 0 Å². The molecule has 0 atom stereocenters. The number of halogens is 1. The van der Waals surface area contributed by atoms with Crippen LogP contribution in [0.5, 0.6) is 0 Å². The van der Waals surface area contributed by atoms with Crippen molar-refractivity contribution in [2.24, 2.45) is 0 Å². The van der Waals surface area contributed by atoms with Crippen molar-refractivity contribution in [3.05, 3.63) is 40.5 Å². The molecular formula is C10H8BrNO. The smallest absolute Gasteiger partial charge is 0.168 e. The van der Waals surface area contributed by atoms with Gasteiger partial charge in [0.2, 0.25) is 0 Å². The Kier molecular flexibility index (Phi) is 2.19. The van der Waals surface area contributed by atoms with E-state index in [2.05, 4.69) is 28.0 Å². The van der Waals surface area contributed by atoms with Gasteiger partial charge in [-0.1, -0.05) is 35.0 Å². The number of aryl methyl sites for hydroxylation is 1. The highest BCUT2D eigenvalue weighted by Crippen LogP contribution is 2.22. The second-order valence-electron chi connectivity index (χ2n) is 2.88. The molecule has 0 aliphatic carbocycles. The minimum absolute atomic E-state index is 0.725. The van der Waals surface area contributed by atoms with Gasteiger partial charge in [0.15, 0.2) is 5.76 Å². The monoisotopic (exact) mass is 237 g/mol. The molecule has 0 bridgehead atoms. The highest BCUT2D eigenvalue weighted by molar-refractivity contribution is 9.10. The number of hydrogen-bond acceptors (Lipinski definition) is 2. The second kappa shape index (κ2) is 3.34. The van der Waals surface area contributed by atoms with E-state index in [9.17, 15) is 0 Å². The molecule has 1 heterocycles. The predicted molar refractivity (Wildman–Crippen MR) is 54.4 cm³/mol. The van der Waals surface area contributed by atoms with E-state index in [1.165, 1.54) is 5.56 Å². The van der Waals surface area contributed by atoms with Crippen LogP contribution in [-0.2, 0) is 0 Å². The number of aromatic nitrogens is 1. The lowest BCUT2D eigenvalue weighted by Gasteiger charge is -1.94. The van der Waals surface area contributed by atoms with Crippen LogP contribution < -0.4 is 0 Å². The third-order valence-corrected chi connectivity index (χ3v) is 2.19. The molecule has 0 radical (unpaired) electrons. The molecule has 0 fully saturated rings. The molecule has 0 saturated carbocycles. The van der Waals surface area contributed by atoms with E-state index in [0.717, 1.165) is 15.9 Å². The SMILES string of the molecule is Cc1ccc(-c2cc(Br)no2)cc1. The average Bonchev–Trinajstić information content (AvgIpc) is 2.53. The fourth-order valence-corrected chi connectivity index (χ4v) is 1.39.